The van der Waals surface area contributed by atoms with Crippen LogP contribution >= 0.6 is 0 Å². The molecule has 2 N–H and O–H groups in total. The Morgan fingerprint density at radius 2 is 1.96 bits per heavy atom. The fraction of sp³-hybridized carbons (Fsp3) is 0.286. The highest BCUT2D eigenvalue weighted by atomic mass is 16.4. The first kappa shape index (κ1) is 17.8. The average molecular weight is 321 g/mol. The fourth-order valence-corrected chi connectivity index (χ4v) is 2.38. The molecule has 0 aliphatic rings. The number of carboxylic acid groups (broad SMARTS) is 1. The van der Waals surface area contributed by atoms with Gasteiger partial charge in [0.2, 0.25) is 0 Å². The third-order valence-corrected chi connectivity index (χ3v) is 3.95. The number of carboxylic acids is 1. The summed E-state index contributed by atoms with van der Waals surface area (Å²) in [5.74, 6) is 4.63. The molecule has 0 spiro atoms. The van der Waals surface area contributed by atoms with E-state index in [0.29, 0.717) is 6.54 Å². The summed E-state index contributed by atoms with van der Waals surface area (Å²) < 4.78 is 0. The molecule has 3 heteroatoms. The number of hydrogen-bond donors (Lipinski definition) is 2. The van der Waals surface area contributed by atoms with E-state index in [0.717, 1.165) is 0 Å². The molecule has 0 aromatic heterocycles. The first-order valence-electron chi connectivity index (χ1n) is 8.04. The van der Waals surface area contributed by atoms with E-state index in [1.807, 2.05) is 12.1 Å². The zero-order valence-electron chi connectivity index (χ0n) is 14.3. The van der Waals surface area contributed by atoms with Gasteiger partial charge in [0.15, 0.2) is 0 Å². The number of benzene rings is 2. The predicted molar refractivity (Wildman–Crippen MR) is 98.7 cm³/mol. The number of nitrogens with one attached hydrogen (secondary N) is 1. The van der Waals surface area contributed by atoms with E-state index in [1.165, 1.54) is 16.3 Å². The minimum Gasteiger partial charge on any atom is -0.480 e. The Morgan fingerprint density at radius 3 is 2.71 bits per heavy atom. The summed E-state index contributed by atoms with van der Waals surface area (Å²) in [5.41, 5.74) is 0.244. The van der Waals surface area contributed by atoms with Crippen LogP contribution in [0.3, 0.4) is 0 Å². The number of carbonyl (C=O) groups is 1. The van der Waals surface area contributed by atoms with E-state index in [2.05, 4.69) is 60.5 Å². The molecule has 24 heavy (non-hydrogen) atoms. The lowest BCUT2D eigenvalue weighted by Crippen LogP contribution is -2.21. The van der Waals surface area contributed by atoms with Gasteiger partial charge in [0, 0.05) is 12.6 Å². The van der Waals surface area contributed by atoms with Crippen LogP contribution in [0, 0.1) is 17.3 Å². The summed E-state index contributed by atoms with van der Waals surface area (Å²) >= 11 is 0. The normalized spacial score (nSPS) is 12.8. The van der Waals surface area contributed by atoms with Crippen LogP contribution in [0.1, 0.15) is 32.4 Å². The molecule has 3 nitrogen and oxygen atoms in total. The Hall–Kier alpha value is -2.57. The summed E-state index contributed by atoms with van der Waals surface area (Å²) in [7, 11) is 0. The minimum absolute atomic E-state index is 0.212. The highest BCUT2D eigenvalue weighted by Gasteiger charge is 2.23. The van der Waals surface area contributed by atoms with Crippen LogP contribution in [-0.4, -0.2) is 17.6 Å². The van der Waals surface area contributed by atoms with Crippen molar-refractivity contribution in [1.82, 2.24) is 5.32 Å². The van der Waals surface area contributed by atoms with E-state index < -0.39 is 11.4 Å². The van der Waals surface area contributed by atoms with Gasteiger partial charge in [0.25, 0.3) is 0 Å². The summed E-state index contributed by atoms with van der Waals surface area (Å²) in [6.07, 6.45) is 3.61. The lowest BCUT2D eigenvalue weighted by atomic mass is 9.95. The largest absolute Gasteiger partial charge is 0.480 e. The topological polar surface area (TPSA) is 49.3 Å². The van der Waals surface area contributed by atoms with Crippen LogP contribution in [0.2, 0.25) is 0 Å². The molecule has 0 bridgehead atoms. The summed E-state index contributed by atoms with van der Waals surface area (Å²) in [4.78, 5) is 11.0. The Bertz CT molecular complexity index is 804. The molecule has 0 aliphatic carbocycles. The molecular weight excluding hydrogens is 298 g/mol. The molecule has 124 valence electrons. The quantitative estimate of drug-likeness (QED) is 0.813. The predicted octanol–water partition coefficient (Wildman–Crippen LogP) is 4.16. The molecule has 0 heterocycles. The second kappa shape index (κ2) is 7.81. The summed E-state index contributed by atoms with van der Waals surface area (Å²) in [6, 6.07) is 14.9. The van der Waals surface area contributed by atoms with Gasteiger partial charge in [-0.05, 0) is 43.2 Å². The minimum atomic E-state index is -1.02. The SMILES string of the molecule is C[C@@H](NC/C=C\C#CC(C)(C)C(=O)O)c1cccc2ccccc12. The van der Waals surface area contributed by atoms with Crippen LogP contribution in [0.4, 0.5) is 0 Å². The third kappa shape index (κ3) is 4.47. The van der Waals surface area contributed by atoms with Crippen molar-refractivity contribution in [3.63, 3.8) is 0 Å². The monoisotopic (exact) mass is 321 g/mol. The Balaban J connectivity index is 1.96. The number of aliphatic carboxylic acids is 1. The molecule has 0 amide bonds. The van der Waals surface area contributed by atoms with Gasteiger partial charge < -0.3 is 10.4 Å². The van der Waals surface area contributed by atoms with Crippen molar-refractivity contribution in [1.29, 1.82) is 0 Å². The van der Waals surface area contributed by atoms with Crippen molar-refractivity contribution in [3.8, 4) is 11.8 Å². The smallest absolute Gasteiger partial charge is 0.321 e. The van der Waals surface area contributed by atoms with Gasteiger partial charge in [-0.2, -0.15) is 0 Å². The van der Waals surface area contributed by atoms with E-state index in [4.69, 9.17) is 5.11 Å². The average Bonchev–Trinajstić information content (AvgIpc) is 2.57. The maximum absolute atomic E-state index is 11.0. The molecule has 2 aromatic carbocycles. The zero-order chi connectivity index (χ0) is 17.6. The lowest BCUT2D eigenvalue weighted by molar-refractivity contribution is -0.143. The van der Waals surface area contributed by atoms with Crippen molar-refractivity contribution in [2.75, 3.05) is 6.54 Å². The standard InChI is InChI=1S/C21H23NO2/c1-16(18-13-9-11-17-10-5-6-12-19(17)18)22-15-8-4-7-14-21(2,3)20(23)24/h4-6,8-13,16,22H,15H2,1-3H3,(H,23,24)/b8-4-/t16-/m1/s1. The molecule has 2 rings (SSSR count). The van der Waals surface area contributed by atoms with Gasteiger partial charge in [-0.1, -0.05) is 60.4 Å². The molecular formula is C21H23NO2. The van der Waals surface area contributed by atoms with E-state index >= 15 is 0 Å². The molecule has 0 saturated carbocycles. The molecule has 0 aliphatic heterocycles. The van der Waals surface area contributed by atoms with E-state index in [9.17, 15) is 4.79 Å². The van der Waals surface area contributed by atoms with Gasteiger partial charge in [0.1, 0.15) is 5.41 Å². The van der Waals surface area contributed by atoms with Crippen LogP contribution in [0.5, 0.6) is 0 Å². The van der Waals surface area contributed by atoms with Gasteiger partial charge in [-0.25, -0.2) is 0 Å². The highest BCUT2D eigenvalue weighted by molar-refractivity contribution is 5.86. The maximum Gasteiger partial charge on any atom is 0.321 e. The van der Waals surface area contributed by atoms with Gasteiger partial charge >= 0.3 is 5.97 Å². The van der Waals surface area contributed by atoms with Gasteiger partial charge in [-0.15, -0.1) is 0 Å². The zero-order valence-corrected chi connectivity index (χ0v) is 14.3. The molecule has 0 unspecified atom stereocenters. The lowest BCUT2D eigenvalue weighted by Gasteiger charge is -2.15. The van der Waals surface area contributed by atoms with Crippen LogP contribution in [0.15, 0.2) is 54.6 Å². The Morgan fingerprint density at radius 1 is 1.25 bits per heavy atom. The molecule has 0 saturated heterocycles. The first-order valence-corrected chi connectivity index (χ1v) is 8.04. The molecule has 2 aromatic rings. The van der Waals surface area contributed by atoms with Crippen LogP contribution in [-0.2, 0) is 4.79 Å². The second-order valence-corrected chi connectivity index (χ2v) is 6.30. The van der Waals surface area contributed by atoms with Crippen molar-refractivity contribution in [3.05, 3.63) is 60.2 Å². The van der Waals surface area contributed by atoms with Crippen molar-refractivity contribution in [2.24, 2.45) is 5.41 Å². The van der Waals surface area contributed by atoms with Gasteiger partial charge in [-0.3, -0.25) is 4.79 Å². The van der Waals surface area contributed by atoms with E-state index in [-0.39, 0.29) is 6.04 Å². The third-order valence-electron chi connectivity index (χ3n) is 3.95. The van der Waals surface area contributed by atoms with Crippen molar-refractivity contribution in [2.45, 2.75) is 26.8 Å². The maximum atomic E-state index is 11.0. The molecule has 1 atom stereocenters. The fourth-order valence-electron chi connectivity index (χ4n) is 2.38. The van der Waals surface area contributed by atoms with E-state index in [1.54, 1.807) is 19.9 Å². The Labute approximate surface area is 143 Å². The number of hydrogen-bond acceptors (Lipinski definition) is 2. The first-order chi connectivity index (χ1) is 11.4. The van der Waals surface area contributed by atoms with Crippen LogP contribution in [0.25, 0.3) is 10.8 Å². The number of allylic oxidation sites excluding steroid dienone is 1. The second-order valence-electron chi connectivity index (χ2n) is 6.30. The highest BCUT2D eigenvalue weighted by Crippen LogP contribution is 2.23. The van der Waals surface area contributed by atoms with Gasteiger partial charge in [0.05, 0.1) is 0 Å². The number of rotatable bonds is 5. The number of fused-ring (bicyclic) bond motifs is 1. The van der Waals surface area contributed by atoms with Crippen molar-refractivity contribution >= 4 is 16.7 Å². The van der Waals surface area contributed by atoms with Crippen LogP contribution < -0.4 is 5.32 Å². The summed E-state index contributed by atoms with van der Waals surface area (Å²) in [5, 5.41) is 14.9. The Kier molecular flexibility index (Phi) is 5.78. The molecule has 0 fully saturated rings. The summed E-state index contributed by atoms with van der Waals surface area (Å²) in [6.45, 7) is 6.00. The van der Waals surface area contributed by atoms with Crippen molar-refractivity contribution < 1.29 is 9.90 Å². The molecule has 0 radical (unpaired) electrons.